The highest BCUT2D eigenvalue weighted by Crippen LogP contribution is 2.49. The minimum absolute atomic E-state index is 0.0384. The zero-order valence-corrected chi connectivity index (χ0v) is 18.3. The Hall–Kier alpha value is -2.33. The van der Waals surface area contributed by atoms with Crippen LogP contribution in [0.4, 0.5) is 13.2 Å². The number of fused-ring (bicyclic) bond motifs is 2. The molecule has 170 valence electrons. The van der Waals surface area contributed by atoms with Gasteiger partial charge in [-0.15, -0.1) is 4.40 Å². The van der Waals surface area contributed by atoms with Crippen LogP contribution in [0.25, 0.3) is 0 Å². The van der Waals surface area contributed by atoms with Crippen LogP contribution >= 0.6 is 11.6 Å². The fraction of sp³-hybridized carbons (Fsp3) is 0.429. The molecule has 0 spiro atoms. The standard InChI is InChI=1S/C21H19ClF3N3O3S/c22-17-11-14(21(23,24)25)12-26-18(17)31-16-3-1-13(2-4-16)20-7-5-15(6-8-20)28-9-10-32(29,30)27-19(20)28/h1-4,11-12,15H,5-10H2. The van der Waals surface area contributed by atoms with Gasteiger partial charge in [-0.05, 0) is 49.4 Å². The summed E-state index contributed by atoms with van der Waals surface area (Å²) in [6.07, 6.45) is -0.293. The van der Waals surface area contributed by atoms with Crippen molar-refractivity contribution in [1.82, 2.24) is 9.88 Å². The van der Waals surface area contributed by atoms with Gasteiger partial charge in [-0.2, -0.15) is 13.2 Å². The molecule has 2 aromatic rings. The quantitative estimate of drug-likeness (QED) is 0.625. The van der Waals surface area contributed by atoms with E-state index in [0.717, 1.165) is 37.3 Å². The molecule has 0 radical (unpaired) electrons. The van der Waals surface area contributed by atoms with Crippen molar-refractivity contribution in [3.63, 3.8) is 0 Å². The fourth-order valence-electron chi connectivity index (χ4n) is 4.92. The van der Waals surface area contributed by atoms with E-state index in [1.165, 1.54) is 0 Å². The highest BCUT2D eigenvalue weighted by molar-refractivity contribution is 7.90. The van der Waals surface area contributed by atoms with Crippen molar-refractivity contribution in [2.24, 2.45) is 4.40 Å². The van der Waals surface area contributed by atoms with Crippen molar-refractivity contribution in [2.45, 2.75) is 43.3 Å². The second kappa shape index (κ2) is 7.34. The second-order valence-electron chi connectivity index (χ2n) is 8.34. The highest BCUT2D eigenvalue weighted by atomic mass is 35.5. The lowest BCUT2D eigenvalue weighted by Crippen LogP contribution is -2.62. The third kappa shape index (κ3) is 3.63. The van der Waals surface area contributed by atoms with Gasteiger partial charge in [-0.1, -0.05) is 23.7 Å². The SMILES string of the molecule is O=S1(=O)CCN2C(=N1)C1(c3ccc(Oc4ncc(C(F)(F)F)cc4Cl)cc3)CCC2CC1. The van der Waals surface area contributed by atoms with Gasteiger partial charge in [-0.3, -0.25) is 0 Å². The predicted molar refractivity (Wildman–Crippen MR) is 113 cm³/mol. The van der Waals surface area contributed by atoms with E-state index in [1.54, 1.807) is 12.1 Å². The molecule has 0 amide bonds. The Balaban J connectivity index is 1.43. The molecule has 1 saturated carbocycles. The first-order chi connectivity index (χ1) is 15.1. The molecule has 3 fully saturated rings. The fourth-order valence-corrected chi connectivity index (χ4v) is 6.19. The van der Waals surface area contributed by atoms with E-state index in [0.29, 0.717) is 30.4 Å². The largest absolute Gasteiger partial charge is 0.438 e. The summed E-state index contributed by atoms with van der Waals surface area (Å²) in [7, 11) is -3.47. The third-order valence-electron chi connectivity index (χ3n) is 6.52. The van der Waals surface area contributed by atoms with E-state index in [4.69, 9.17) is 16.3 Å². The number of aromatic nitrogens is 1. The Kier molecular flexibility index (Phi) is 4.94. The van der Waals surface area contributed by atoms with Gasteiger partial charge in [0.25, 0.3) is 10.0 Å². The average molecular weight is 486 g/mol. The van der Waals surface area contributed by atoms with Crippen molar-refractivity contribution in [3.8, 4) is 11.6 Å². The van der Waals surface area contributed by atoms with E-state index in [-0.39, 0.29) is 16.7 Å². The zero-order chi connectivity index (χ0) is 22.7. The van der Waals surface area contributed by atoms with E-state index in [9.17, 15) is 21.6 Å². The van der Waals surface area contributed by atoms with Crippen LogP contribution in [-0.4, -0.2) is 42.5 Å². The number of piperidine rings is 2. The summed E-state index contributed by atoms with van der Waals surface area (Å²) in [4.78, 5) is 5.83. The van der Waals surface area contributed by atoms with Crippen LogP contribution in [0.5, 0.6) is 11.6 Å². The first-order valence-corrected chi connectivity index (χ1v) is 12.2. The van der Waals surface area contributed by atoms with Gasteiger partial charge in [0.15, 0.2) is 0 Å². The number of hydrogen-bond acceptors (Lipinski definition) is 5. The van der Waals surface area contributed by atoms with Gasteiger partial charge in [0.2, 0.25) is 5.88 Å². The lowest BCUT2D eigenvalue weighted by atomic mass is 9.63. The normalized spacial score (nSPS) is 26.4. The van der Waals surface area contributed by atoms with E-state index >= 15 is 0 Å². The summed E-state index contributed by atoms with van der Waals surface area (Å²) in [6.45, 7) is 0.465. The smallest absolute Gasteiger partial charge is 0.417 e. The molecular weight excluding hydrogens is 467 g/mol. The molecule has 1 aliphatic carbocycles. The third-order valence-corrected chi connectivity index (χ3v) is 7.94. The predicted octanol–water partition coefficient (Wildman–Crippen LogP) is 4.78. The van der Waals surface area contributed by atoms with Gasteiger partial charge in [0.05, 0.1) is 16.7 Å². The first-order valence-electron chi connectivity index (χ1n) is 10.2. The van der Waals surface area contributed by atoms with Crippen molar-refractivity contribution in [1.29, 1.82) is 0 Å². The van der Waals surface area contributed by atoms with Crippen LogP contribution in [0, 0.1) is 0 Å². The molecule has 0 unspecified atom stereocenters. The molecule has 6 nitrogen and oxygen atoms in total. The minimum Gasteiger partial charge on any atom is -0.438 e. The number of halogens is 4. The van der Waals surface area contributed by atoms with Crippen LogP contribution < -0.4 is 4.74 Å². The average Bonchev–Trinajstić information content (AvgIpc) is 2.75. The molecule has 0 atom stereocenters. The van der Waals surface area contributed by atoms with Gasteiger partial charge < -0.3 is 9.64 Å². The molecular formula is C21H19ClF3N3O3S. The molecule has 0 N–H and O–H groups in total. The molecule has 11 heteroatoms. The molecule has 4 aliphatic rings. The van der Waals surface area contributed by atoms with E-state index in [2.05, 4.69) is 14.3 Å². The summed E-state index contributed by atoms with van der Waals surface area (Å²) < 4.78 is 72.6. The van der Waals surface area contributed by atoms with Crippen molar-refractivity contribution in [2.75, 3.05) is 12.3 Å². The molecule has 3 aliphatic heterocycles. The van der Waals surface area contributed by atoms with Crippen molar-refractivity contribution >= 4 is 27.5 Å². The van der Waals surface area contributed by atoms with Crippen molar-refractivity contribution < 1.29 is 26.3 Å². The van der Waals surface area contributed by atoms with Crippen LogP contribution in [0.1, 0.15) is 36.8 Å². The van der Waals surface area contributed by atoms with Crippen LogP contribution in [0.2, 0.25) is 5.02 Å². The minimum atomic E-state index is -4.54. The molecule has 6 rings (SSSR count). The highest BCUT2D eigenvalue weighted by Gasteiger charge is 2.52. The molecule has 32 heavy (non-hydrogen) atoms. The maximum Gasteiger partial charge on any atom is 0.417 e. The second-order valence-corrected chi connectivity index (χ2v) is 10.5. The number of nitrogens with zero attached hydrogens (tertiary/aromatic N) is 3. The lowest BCUT2D eigenvalue weighted by Gasteiger charge is -2.55. The number of rotatable bonds is 3. The Morgan fingerprint density at radius 3 is 2.47 bits per heavy atom. The Morgan fingerprint density at radius 2 is 1.84 bits per heavy atom. The number of benzene rings is 1. The number of amidine groups is 1. The van der Waals surface area contributed by atoms with E-state index < -0.39 is 27.2 Å². The molecule has 2 saturated heterocycles. The Bertz CT molecular complexity index is 1190. The Morgan fingerprint density at radius 1 is 1.16 bits per heavy atom. The Labute approximate surface area is 188 Å². The summed E-state index contributed by atoms with van der Waals surface area (Å²) in [5, 5.41) is -0.245. The monoisotopic (exact) mass is 485 g/mol. The lowest BCUT2D eigenvalue weighted by molar-refractivity contribution is -0.137. The number of hydrogen-bond donors (Lipinski definition) is 0. The summed E-state index contributed by atoms with van der Waals surface area (Å²) >= 11 is 5.93. The topological polar surface area (TPSA) is 71.9 Å². The van der Waals surface area contributed by atoms with Crippen LogP contribution in [0.15, 0.2) is 40.9 Å². The molecule has 1 aromatic carbocycles. The van der Waals surface area contributed by atoms with Gasteiger partial charge in [0, 0.05) is 18.8 Å². The summed E-state index contributed by atoms with van der Waals surface area (Å²) in [5.74, 6) is 0.903. The van der Waals surface area contributed by atoms with Crippen LogP contribution in [0.3, 0.4) is 0 Å². The number of pyridine rings is 1. The zero-order valence-electron chi connectivity index (χ0n) is 16.8. The van der Waals surface area contributed by atoms with Gasteiger partial charge in [0.1, 0.15) is 16.6 Å². The van der Waals surface area contributed by atoms with E-state index in [1.807, 2.05) is 12.1 Å². The maximum atomic E-state index is 12.8. The summed E-state index contributed by atoms with van der Waals surface area (Å²) in [6, 6.07) is 8.17. The number of sulfonamides is 1. The number of ether oxygens (including phenoxy) is 1. The maximum absolute atomic E-state index is 12.8. The van der Waals surface area contributed by atoms with Crippen LogP contribution in [-0.2, 0) is 21.6 Å². The molecule has 4 heterocycles. The summed E-state index contributed by atoms with van der Waals surface area (Å²) in [5.41, 5.74) is -0.481. The first kappa shape index (κ1) is 21.5. The molecule has 1 aromatic heterocycles. The number of alkyl halides is 3. The molecule has 2 bridgehead atoms. The van der Waals surface area contributed by atoms with Gasteiger partial charge >= 0.3 is 6.18 Å². The van der Waals surface area contributed by atoms with Gasteiger partial charge in [-0.25, -0.2) is 13.4 Å². The van der Waals surface area contributed by atoms with Crippen molar-refractivity contribution in [3.05, 3.63) is 52.7 Å².